The van der Waals surface area contributed by atoms with Gasteiger partial charge in [0.1, 0.15) is 0 Å². The van der Waals surface area contributed by atoms with Crippen molar-refractivity contribution in [2.75, 3.05) is 6.54 Å². The van der Waals surface area contributed by atoms with Gasteiger partial charge >= 0.3 is 0 Å². The second kappa shape index (κ2) is 6.05. The maximum Gasteiger partial charge on any atom is 0.254 e. The number of benzene rings is 1. The van der Waals surface area contributed by atoms with E-state index in [1.807, 2.05) is 23.1 Å². The van der Waals surface area contributed by atoms with Gasteiger partial charge in [-0.3, -0.25) is 4.79 Å². The van der Waals surface area contributed by atoms with E-state index in [9.17, 15) is 4.79 Å². The summed E-state index contributed by atoms with van der Waals surface area (Å²) in [7, 11) is 0. The first-order valence-corrected chi connectivity index (χ1v) is 8.22. The molecule has 2 nitrogen and oxygen atoms in total. The maximum absolute atomic E-state index is 12.4. The van der Waals surface area contributed by atoms with E-state index in [-0.39, 0.29) is 5.91 Å². The van der Waals surface area contributed by atoms with E-state index < -0.39 is 0 Å². The van der Waals surface area contributed by atoms with Gasteiger partial charge in [-0.2, -0.15) is 0 Å². The van der Waals surface area contributed by atoms with Crippen molar-refractivity contribution in [3.05, 3.63) is 48.0 Å². The van der Waals surface area contributed by atoms with Crippen molar-refractivity contribution < 1.29 is 4.79 Å². The van der Waals surface area contributed by atoms with Crippen LogP contribution in [0.1, 0.15) is 60.9 Å². The highest BCUT2D eigenvalue weighted by Gasteiger charge is 2.33. The van der Waals surface area contributed by atoms with Crippen LogP contribution in [0.15, 0.2) is 36.9 Å². The third-order valence-electron chi connectivity index (χ3n) is 5.30. The molecule has 1 aromatic rings. The molecule has 0 unspecified atom stereocenters. The van der Waals surface area contributed by atoms with Gasteiger partial charge in [0.05, 0.1) is 0 Å². The lowest BCUT2D eigenvalue weighted by molar-refractivity contribution is 0.0727. The zero-order chi connectivity index (χ0) is 14.7. The number of amides is 1. The molecule has 0 saturated heterocycles. The van der Waals surface area contributed by atoms with E-state index in [1.165, 1.54) is 37.7 Å². The van der Waals surface area contributed by atoms with E-state index in [2.05, 4.69) is 18.7 Å². The molecule has 1 heterocycles. The van der Waals surface area contributed by atoms with Crippen molar-refractivity contribution >= 4 is 5.91 Å². The molecule has 0 radical (unpaired) electrons. The topological polar surface area (TPSA) is 20.3 Å². The summed E-state index contributed by atoms with van der Waals surface area (Å²) in [5.74, 6) is 0.218. The molecule has 0 atom stereocenters. The van der Waals surface area contributed by atoms with Crippen molar-refractivity contribution in [1.29, 1.82) is 0 Å². The second-order valence-corrected chi connectivity index (χ2v) is 6.69. The average molecular weight is 283 g/mol. The fraction of sp³-hybridized carbons (Fsp3) is 0.526. The number of allylic oxidation sites excluding steroid dienone is 1. The Morgan fingerprint density at radius 2 is 1.95 bits per heavy atom. The SMILES string of the molecule is C=CCC1(CCN2Cc3ccccc3C2=O)CCCCC1. The van der Waals surface area contributed by atoms with E-state index in [1.54, 1.807) is 0 Å². The number of nitrogens with zero attached hydrogens (tertiary/aromatic N) is 1. The number of carbonyl (C=O) groups is 1. The van der Waals surface area contributed by atoms with E-state index >= 15 is 0 Å². The fourth-order valence-corrected chi connectivity index (χ4v) is 4.03. The smallest absolute Gasteiger partial charge is 0.254 e. The van der Waals surface area contributed by atoms with Crippen LogP contribution >= 0.6 is 0 Å². The Hall–Kier alpha value is -1.57. The Morgan fingerprint density at radius 1 is 1.19 bits per heavy atom. The van der Waals surface area contributed by atoms with Gasteiger partial charge in [0.15, 0.2) is 0 Å². The third-order valence-corrected chi connectivity index (χ3v) is 5.30. The molecule has 1 aliphatic carbocycles. The molecule has 1 saturated carbocycles. The predicted octanol–water partition coefficient (Wildman–Crippen LogP) is 4.56. The minimum absolute atomic E-state index is 0.218. The van der Waals surface area contributed by atoms with Gasteiger partial charge in [-0.25, -0.2) is 0 Å². The van der Waals surface area contributed by atoms with Crippen molar-refractivity contribution in [2.24, 2.45) is 5.41 Å². The highest BCUT2D eigenvalue weighted by Crippen LogP contribution is 2.43. The monoisotopic (exact) mass is 283 g/mol. The molecule has 112 valence electrons. The Balaban J connectivity index is 1.65. The highest BCUT2D eigenvalue weighted by atomic mass is 16.2. The summed E-state index contributed by atoms with van der Waals surface area (Å²) in [6, 6.07) is 8.02. The number of carbonyl (C=O) groups excluding carboxylic acids is 1. The zero-order valence-electron chi connectivity index (χ0n) is 12.8. The van der Waals surface area contributed by atoms with Crippen LogP contribution in [0.5, 0.6) is 0 Å². The second-order valence-electron chi connectivity index (χ2n) is 6.69. The molecule has 2 heteroatoms. The number of hydrogen-bond donors (Lipinski definition) is 0. The van der Waals surface area contributed by atoms with E-state index in [4.69, 9.17) is 0 Å². The lowest BCUT2D eigenvalue weighted by Gasteiger charge is -2.38. The molecular formula is C19H25NO. The minimum atomic E-state index is 0.218. The first kappa shape index (κ1) is 14.4. The first-order chi connectivity index (χ1) is 10.2. The third kappa shape index (κ3) is 2.90. The van der Waals surface area contributed by atoms with Crippen molar-refractivity contribution in [1.82, 2.24) is 4.90 Å². The maximum atomic E-state index is 12.4. The predicted molar refractivity (Wildman–Crippen MR) is 86.1 cm³/mol. The quantitative estimate of drug-likeness (QED) is 0.725. The van der Waals surface area contributed by atoms with Gasteiger partial charge < -0.3 is 4.90 Å². The molecule has 1 aromatic carbocycles. The van der Waals surface area contributed by atoms with Crippen LogP contribution in [0.25, 0.3) is 0 Å². The zero-order valence-corrected chi connectivity index (χ0v) is 12.8. The Kier molecular flexibility index (Phi) is 4.14. The van der Waals surface area contributed by atoms with Crippen LogP contribution in [-0.2, 0) is 6.54 Å². The minimum Gasteiger partial charge on any atom is -0.334 e. The van der Waals surface area contributed by atoms with Crippen LogP contribution in [-0.4, -0.2) is 17.4 Å². The standard InChI is InChI=1S/C19H25NO/c1-2-10-19(11-6-3-7-12-19)13-14-20-15-16-8-4-5-9-17(16)18(20)21/h2,4-5,8-9H,1,3,6-7,10-15H2. The van der Waals surface area contributed by atoms with Crippen LogP contribution in [0.4, 0.5) is 0 Å². The van der Waals surface area contributed by atoms with Crippen LogP contribution in [0.2, 0.25) is 0 Å². The molecule has 3 rings (SSSR count). The molecule has 0 N–H and O–H groups in total. The largest absolute Gasteiger partial charge is 0.334 e. The van der Waals surface area contributed by atoms with Gasteiger partial charge in [-0.05, 0) is 42.7 Å². The van der Waals surface area contributed by atoms with Gasteiger partial charge in [-0.15, -0.1) is 6.58 Å². The van der Waals surface area contributed by atoms with Crippen LogP contribution < -0.4 is 0 Å². The summed E-state index contributed by atoms with van der Waals surface area (Å²) < 4.78 is 0. The molecule has 1 aliphatic heterocycles. The lowest BCUT2D eigenvalue weighted by Crippen LogP contribution is -2.32. The number of rotatable bonds is 5. The highest BCUT2D eigenvalue weighted by molar-refractivity contribution is 5.98. The lowest BCUT2D eigenvalue weighted by atomic mass is 9.69. The van der Waals surface area contributed by atoms with E-state index in [0.717, 1.165) is 31.5 Å². The van der Waals surface area contributed by atoms with Crippen LogP contribution in [0, 0.1) is 5.41 Å². The van der Waals surface area contributed by atoms with E-state index in [0.29, 0.717) is 5.41 Å². The summed E-state index contributed by atoms with van der Waals surface area (Å²) in [6.07, 6.45) is 10.9. The Morgan fingerprint density at radius 3 is 2.67 bits per heavy atom. The molecule has 1 fully saturated rings. The van der Waals surface area contributed by atoms with Gasteiger partial charge in [0, 0.05) is 18.7 Å². The number of hydrogen-bond acceptors (Lipinski definition) is 1. The summed E-state index contributed by atoms with van der Waals surface area (Å²) in [6.45, 7) is 5.63. The molecule has 0 aromatic heterocycles. The fourth-order valence-electron chi connectivity index (χ4n) is 4.03. The first-order valence-electron chi connectivity index (χ1n) is 8.22. The molecule has 2 aliphatic rings. The Labute approximate surface area is 127 Å². The van der Waals surface area contributed by atoms with Crippen LogP contribution in [0.3, 0.4) is 0 Å². The molecule has 21 heavy (non-hydrogen) atoms. The Bertz CT molecular complexity index is 528. The van der Waals surface area contributed by atoms with Gasteiger partial charge in [0.25, 0.3) is 5.91 Å². The van der Waals surface area contributed by atoms with Crippen molar-refractivity contribution in [3.63, 3.8) is 0 Å². The summed E-state index contributed by atoms with van der Waals surface area (Å²) in [5.41, 5.74) is 2.48. The number of fused-ring (bicyclic) bond motifs is 1. The van der Waals surface area contributed by atoms with Crippen molar-refractivity contribution in [3.8, 4) is 0 Å². The summed E-state index contributed by atoms with van der Waals surface area (Å²) >= 11 is 0. The molecule has 0 spiro atoms. The average Bonchev–Trinajstić information content (AvgIpc) is 2.84. The van der Waals surface area contributed by atoms with Gasteiger partial charge in [0.2, 0.25) is 0 Å². The molecule has 0 bridgehead atoms. The summed E-state index contributed by atoms with van der Waals surface area (Å²) in [5, 5.41) is 0. The van der Waals surface area contributed by atoms with Crippen molar-refractivity contribution in [2.45, 2.75) is 51.5 Å². The molecular weight excluding hydrogens is 258 g/mol. The summed E-state index contributed by atoms with van der Waals surface area (Å²) in [4.78, 5) is 14.5. The van der Waals surface area contributed by atoms with Gasteiger partial charge in [-0.1, -0.05) is 43.5 Å². The normalized spacial score (nSPS) is 20.4. The molecule has 1 amide bonds.